The van der Waals surface area contributed by atoms with Crippen molar-refractivity contribution in [1.82, 2.24) is 26.3 Å². The maximum atomic E-state index is 13.5. The summed E-state index contributed by atoms with van der Waals surface area (Å²) < 4.78 is 4.92. The summed E-state index contributed by atoms with van der Waals surface area (Å²) in [7, 11) is 1.25. The molecular weight excluding hydrogens is 538 g/mol. The van der Waals surface area contributed by atoms with E-state index in [1.165, 1.54) is 14.0 Å². The largest absolute Gasteiger partial charge is 0.467 e. The average Bonchev–Trinajstić information content (AvgIpc) is 3.31. The van der Waals surface area contributed by atoms with Crippen LogP contribution < -0.4 is 27.0 Å². The van der Waals surface area contributed by atoms with Gasteiger partial charge in [-0.05, 0) is 61.1 Å². The molecule has 1 aliphatic rings. The van der Waals surface area contributed by atoms with Gasteiger partial charge in [0.05, 0.1) is 7.11 Å². The van der Waals surface area contributed by atoms with Crippen molar-refractivity contribution in [2.24, 2.45) is 5.73 Å². The smallest absolute Gasteiger partial charge is 0.328 e. The summed E-state index contributed by atoms with van der Waals surface area (Å²) in [5.41, 5.74) is 9.20. The summed E-state index contributed by atoms with van der Waals surface area (Å²) in [5.74, 6) is -2.32. The Kier molecular flexibility index (Phi) is 9.79. The number of guanidine groups is 1. The number of nitrogens with two attached hydrogens (primary N) is 1. The molecule has 3 atom stereocenters. The number of methoxy groups -OCH3 is 1. The van der Waals surface area contributed by atoms with E-state index in [-0.39, 0.29) is 31.1 Å². The minimum atomic E-state index is -1.02. The number of aromatic nitrogens is 1. The molecule has 2 heterocycles. The van der Waals surface area contributed by atoms with Crippen LogP contribution in [0, 0.1) is 5.41 Å². The van der Waals surface area contributed by atoms with Crippen LogP contribution in [-0.4, -0.2) is 66.4 Å². The number of nitrogens with one attached hydrogen (secondary N) is 6. The number of hydrogen-bond donors (Lipinski definition) is 7. The van der Waals surface area contributed by atoms with Gasteiger partial charge in [-0.1, -0.05) is 24.3 Å². The van der Waals surface area contributed by atoms with Gasteiger partial charge >= 0.3 is 5.97 Å². The van der Waals surface area contributed by atoms with Crippen molar-refractivity contribution in [3.8, 4) is 0 Å². The van der Waals surface area contributed by atoms with Gasteiger partial charge in [0, 0.05) is 41.7 Å². The van der Waals surface area contributed by atoms with E-state index in [9.17, 15) is 19.2 Å². The van der Waals surface area contributed by atoms with Crippen LogP contribution in [0.2, 0.25) is 0 Å². The van der Waals surface area contributed by atoms with Gasteiger partial charge < -0.3 is 36.7 Å². The molecular formula is C30H37N7O5. The van der Waals surface area contributed by atoms with Gasteiger partial charge in [-0.3, -0.25) is 19.8 Å². The van der Waals surface area contributed by atoms with Crippen LogP contribution in [0.15, 0.2) is 48.6 Å². The van der Waals surface area contributed by atoms with Crippen molar-refractivity contribution in [2.75, 3.05) is 13.7 Å². The number of carbonyl (C=O) groups excluding carboxylic acids is 4. The zero-order valence-electron chi connectivity index (χ0n) is 23.7. The molecule has 0 spiro atoms. The van der Waals surface area contributed by atoms with Crippen LogP contribution in [0.4, 0.5) is 0 Å². The number of benzene rings is 2. The first-order valence-corrected chi connectivity index (χ1v) is 13.9. The quantitative estimate of drug-likeness (QED) is 0.0757. The minimum absolute atomic E-state index is 0.191. The van der Waals surface area contributed by atoms with Crippen molar-refractivity contribution < 1.29 is 23.9 Å². The molecule has 2 unspecified atom stereocenters. The standard InChI is InChI=1S/C30H37N7O5/c1-17(38)34-26-16-19-10-12-23-21(15-19)20-14-18(9-11-22(20)35-23)6-3-4-7-25(29(41)42-2)37-27(39)24(36-28(26)40)8-5-13-33-30(31)32/h3-4,9-12,14-15,24-26,35H,5-8,13,16H2,1-2H3,(H,34,38)(H,36,40)(H,37,39)(H4,31,32,33)/t24-,25?,26?/m1/s1. The predicted molar refractivity (Wildman–Crippen MR) is 160 cm³/mol. The molecule has 0 saturated heterocycles. The van der Waals surface area contributed by atoms with Gasteiger partial charge in [-0.2, -0.15) is 0 Å². The second-order valence-corrected chi connectivity index (χ2v) is 10.4. The fraction of sp³-hybridized carbons (Fsp3) is 0.367. The number of fused-ring (bicyclic) bond motifs is 2. The lowest BCUT2D eigenvalue weighted by Gasteiger charge is -2.25. The Morgan fingerprint density at radius 1 is 1.02 bits per heavy atom. The van der Waals surface area contributed by atoms with Crippen LogP contribution in [-0.2, 0) is 36.8 Å². The van der Waals surface area contributed by atoms with Gasteiger partial charge in [0.25, 0.3) is 0 Å². The van der Waals surface area contributed by atoms with Gasteiger partial charge in [-0.25, -0.2) is 4.79 Å². The third kappa shape index (κ3) is 7.65. The lowest BCUT2D eigenvalue weighted by atomic mass is 10.0. The second-order valence-electron chi connectivity index (χ2n) is 10.4. The highest BCUT2D eigenvalue weighted by Crippen LogP contribution is 2.28. The van der Waals surface area contributed by atoms with E-state index in [1.54, 1.807) is 0 Å². The molecule has 3 amide bonds. The van der Waals surface area contributed by atoms with Gasteiger partial charge in [0.1, 0.15) is 18.1 Å². The third-order valence-corrected chi connectivity index (χ3v) is 7.17. The first-order chi connectivity index (χ1) is 20.1. The maximum Gasteiger partial charge on any atom is 0.328 e. The number of esters is 1. The number of aromatic amines is 1. The summed E-state index contributed by atoms with van der Waals surface area (Å²) in [6.07, 6.45) is 5.35. The normalized spacial score (nSPS) is 19.7. The highest BCUT2D eigenvalue weighted by molar-refractivity contribution is 6.07. The van der Waals surface area contributed by atoms with E-state index in [0.717, 1.165) is 32.9 Å². The van der Waals surface area contributed by atoms with Crippen LogP contribution in [0.3, 0.4) is 0 Å². The van der Waals surface area contributed by atoms with Crippen LogP contribution in [0.5, 0.6) is 0 Å². The van der Waals surface area contributed by atoms with E-state index >= 15 is 0 Å². The van der Waals surface area contributed by atoms with E-state index in [2.05, 4.69) is 32.3 Å². The average molecular weight is 576 g/mol. The Morgan fingerprint density at radius 2 is 1.71 bits per heavy atom. The molecule has 4 rings (SSSR count). The fourth-order valence-electron chi connectivity index (χ4n) is 5.09. The molecule has 12 nitrogen and oxygen atoms in total. The zero-order valence-corrected chi connectivity index (χ0v) is 23.7. The second kappa shape index (κ2) is 13.7. The first kappa shape index (κ1) is 30.1. The number of H-pyrrole nitrogens is 1. The molecule has 0 radical (unpaired) electrons. The molecule has 42 heavy (non-hydrogen) atoms. The van der Waals surface area contributed by atoms with Crippen molar-refractivity contribution in [3.05, 3.63) is 59.7 Å². The SMILES string of the molecule is COC(=O)C1CC=CCc2ccc3[nH]c4ccc(cc4c3c2)CC(NC(C)=O)C(=O)N[C@H](CCCNC(=N)N)C(=O)N1. The molecule has 8 N–H and O–H groups in total. The summed E-state index contributed by atoms with van der Waals surface area (Å²) in [6.45, 7) is 1.63. The number of rotatable bonds is 6. The molecule has 0 fully saturated rings. The molecule has 12 heteroatoms. The topological polar surface area (TPSA) is 191 Å². The van der Waals surface area contributed by atoms with Crippen LogP contribution >= 0.6 is 0 Å². The van der Waals surface area contributed by atoms with E-state index in [0.29, 0.717) is 19.4 Å². The molecule has 1 aromatic heterocycles. The summed E-state index contributed by atoms with van der Waals surface area (Å²) in [4.78, 5) is 55.0. The Hall–Kier alpha value is -4.87. The van der Waals surface area contributed by atoms with Crippen molar-refractivity contribution in [1.29, 1.82) is 5.41 Å². The maximum absolute atomic E-state index is 13.5. The molecule has 222 valence electrons. The van der Waals surface area contributed by atoms with Crippen LogP contribution in [0.25, 0.3) is 21.8 Å². The fourth-order valence-corrected chi connectivity index (χ4v) is 5.09. The zero-order chi connectivity index (χ0) is 30.2. The number of allylic oxidation sites excluding steroid dienone is 1. The molecule has 1 aliphatic heterocycles. The number of hydrogen-bond acceptors (Lipinski definition) is 6. The molecule has 0 saturated carbocycles. The predicted octanol–water partition coefficient (Wildman–Crippen LogP) is 1.28. The molecule has 0 aliphatic carbocycles. The lowest BCUT2D eigenvalue weighted by molar-refractivity contribution is -0.145. The lowest BCUT2D eigenvalue weighted by Crippen LogP contribution is -2.56. The summed E-state index contributed by atoms with van der Waals surface area (Å²) in [6, 6.07) is 9.08. The van der Waals surface area contributed by atoms with Crippen molar-refractivity contribution in [2.45, 2.75) is 57.2 Å². The Labute approximate surface area is 243 Å². The van der Waals surface area contributed by atoms with E-state index in [1.807, 2.05) is 42.5 Å². The van der Waals surface area contributed by atoms with Gasteiger partial charge in [-0.15, -0.1) is 0 Å². The minimum Gasteiger partial charge on any atom is -0.467 e. The number of ether oxygens (including phenoxy) is 1. The summed E-state index contributed by atoms with van der Waals surface area (Å²) >= 11 is 0. The number of amides is 3. The first-order valence-electron chi connectivity index (χ1n) is 13.9. The van der Waals surface area contributed by atoms with Gasteiger partial charge in [0.15, 0.2) is 5.96 Å². The third-order valence-electron chi connectivity index (χ3n) is 7.17. The van der Waals surface area contributed by atoms with Crippen molar-refractivity contribution >= 4 is 51.5 Å². The number of carbonyl (C=O) groups is 4. The Balaban J connectivity index is 1.71. The van der Waals surface area contributed by atoms with Crippen molar-refractivity contribution in [3.63, 3.8) is 0 Å². The molecule has 4 bridgehead atoms. The summed E-state index contributed by atoms with van der Waals surface area (Å²) in [5, 5.41) is 20.2. The molecule has 3 aromatic rings. The van der Waals surface area contributed by atoms with E-state index < -0.39 is 35.9 Å². The molecule has 2 aromatic carbocycles. The Bertz CT molecular complexity index is 1530. The van der Waals surface area contributed by atoms with E-state index in [4.69, 9.17) is 15.9 Å². The highest BCUT2D eigenvalue weighted by Gasteiger charge is 2.29. The Morgan fingerprint density at radius 3 is 2.38 bits per heavy atom. The highest BCUT2D eigenvalue weighted by atomic mass is 16.5. The monoisotopic (exact) mass is 575 g/mol. The van der Waals surface area contributed by atoms with Gasteiger partial charge in [0.2, 0.25) is 17.7 Å². The van der Waals surface area contributed by atoms with Crippen LogP contribution in [0.1, 0.15) is 37.3 Å².